The van der Waals surface area contributed by atoms with Gasteiger partial charge in [0.05, 0.1) is 13.2 Å². The molecule has 4 rings (SSSR count). The van der Waals surface area contributed by atoms with Gasteiger partial charge in [-0.3, -0.25) is 25.0 Å². The van der Waals surface area contributed by atoms with Crippen LogP contribution in [0, 0.1) is 0 Å². The highest BCUT2D eigenvalue weighted by Crippen LogP contribution is 2.24. The van der Waals surface area contributed by atoms with Crippen LogP contribution in [0.25, 0.3) is 17.0 Å². The molecule has 2 aliphatic heterocycles. The summed E-state index contributed by atoms with van der Waals surface area (Å²) < 4.78 is 7.07. The number of para-hydroxylation sites is 1. The standard InChI is InChI=1S/C19H18N4O5/c24-16(22-5-7-28-8-6-22)11-23-10-12(13-3-1-2-4-15(13)23)9-14-17(25)20-19(27)21-18(14)26/h1-4,9-10H,5-8,11H2,(H2,20,21,25,26,27). The zero-order chi connectivity index (χ0) is 19.7. The fourth-order valence-electron chi connectivity index (χ4n) is 3.34. The minimum absolute atomic E-state index is 0.0259. The fourth-order valence-corrected chi connectivity index (χ4v) is 3.34. The van der Waals surface area contributed by atoms with E-state index in [4.69, 9.17) is 4.74 Å². The number of carbonyl (C=O) groups is 4. The topological polar surface area (TPSA) is 110 Å². The Morgan fingerprint density at radius 1 is 1.07 bits per heavy atom. The van der Waals surface area contributed by atoms with Crippen molar-refractivity contribution in [3.05, 3.63) is 41.6 Å². The van der Waals surface area contributed by atoms with Gasteiger partial charge in [-0.1, -0.05) is 18.2 Å². The molecule has 1 aromatic carbocycles. The summed E-state index contributed by atoms with van der Waals surface area (Å²) in [4.78, 5) is 49.6. The van der Waals surface area contributed by atoms with E-state index in [9.17, 15) is 19.2 Å². The summed E-state index contributed by atoms with van der Waals surface area (Å²) >= 11 is 0. The first kappa shape index (κ1) is 17.9. The number of hydrogen-bond acceptors (Lipinski definition) is 5. The number of aromatic nitrogens is 1. The van der Waals surface area contributed by atoms with Gasteiger partial charge in [0.1, 0.15) is 12.1 Å². The number of imide groups is 2. The fraction of sp³-hybridized carbons (Fsp3) is 0.263. The molecule has 2 N–H and O–H groups in total. The third kappa shape index (κ3) is 3.39. The smallest absolute Gasteiger partial charge is 0.328 e. The van der Waals surface area contributed by atoms with Crippen molar-refractivity contribution in [3.8, 4) is 0 Å². The molecular weight excluding hydrogens is 364 g/mol. The number of morpholine rings is 1. The average Bonchev–Trinajstić information content (AvgIpc) is 3.03. The van der Waals surface area contributed by atoms with E-state index in [0.717, 1.165) is 10.9 Å². The molecule has 2 fully saturated rings. The number of nitrogens with zero attached hydrogens (tertiary/aromatic N) is 2. The van der Waals surface area contributed by atoms with E-state index in [1.807, 2.05) is 24.3 Å². The maximum Gasteiger partial charge on any atom is 0.328 e. The Labute approximate surface area is 159 Å². The Morgan fingerprint density at radius 3 is 2.46 bits per heavy atom. The van der Waals surface area contributed by atoms with E-state index in [0.29, 0.717) is 31.9 Å². The molecule has 2 aliphatic rings. The van der Waals surface area contributed by atoms with E-state index < -0.39 is 17.8 Å². The van der Waals surface area contributed by atoms with Gasteiger partial charge >= 0.3 is 6.03 Å². The second-order valence-electron chi connectivity index (χ2n) is 6.52. The molecule has 3 heterocycles. The molecule has 28 heavy (non-hydrogen) atoms. The summed E-state index contributed by atoms with van der Waals surface area (Å²) in [5.41, 5.74) is 1.26. The molecule has 5 amide bonds. The summed E-state index contributed by atoms with van der Waals surface area (Å²) in [6.45, 7) is 2.31. The maximum absolute atomic E-state index is 12.6. The largest absolute Gasteiger partial charge is 0.378 e. The first-order valence-corrected chi connectivity index (χ1v) is 8.84. The highest BCUT2D eigenvalue weighted by atomic mass is 16.5. The molecule has 9 nitrogen and oxygen atoms in total. The lowest BCUT2D eigenvalue weighted by Gasteiger charge is -2.27. The van der Waals surface area contributed by atoms with E-state index in [-0.39, 0.29) is 18.0 Å². The van der Waals surface area contributed by atoms with Gasteiger partial charge in [0.2, 0.25) is 5.91 Å². The molecule has 2 aromatic rings. The number of barbiturate groups is 1. The number of urea groups is 1. The van der Waals surface area contributed by atoms with Crippen molar-refractivity contribution in [3.63, 3.8) is 0 Å². The number of benzene rings is 1. The SMILES string of the molecule is O=C1NC(=O)C(=Cc2cn(CC(=O)N3CCOCC3)c3ccccc23)C(=O)N1. The van der Waals surface area contributed by atoms with Crippen molar-refractivity contribution in [2.24, 2.45) is 0 Å². The highest BCUT2D eigenvalue weighted by Gasteiger charge is 2.28. The first-order chi connectivity index (χ1) is 13.5. The Bertz CT molecular complexity index is 995. The molecule has 1 aromatic heterocycles. The van der Waals surface area contributed by atoms with Crippen LogP contribution in [0.4, 0.5) is 4.79 Å². The van der Waals surface area contributed by atoms with Crippen LogP contribution >= 0.6 is 0 Å². The van der Waals surface area contributed by atoms with Gasteiger partial charge in [0.15, 0.2) is 0 Å². The number of amides is 5. The normalized spacial score (nSPS) is 17.5. The van der Waals surface area contributed by atoms with Crippen LogP contribution in [0.3, 0.4) is 0 Å². The molecule has 0 saturated carbocycles. The Balaban J connectivity index is 1.68. The predicted molar refractivity (Wildman–Crippen MR) is 99.0 cm³/mol. The molecule has 144 valence electrons. The molecular formula is C19H18N4O5. The van der Waals surface area contributed by atoms with Gasteiger partial charge in [-0.15, -0.1) is 0 Å². The molecule has 9 heteroatoms. The van der Waals surface area contributed by atoms with Gasteiger partial charge in [0.25, 0.3) is 11.8 Å². The Morgan fingerprint density at radius 2 is 1.75 bits per heavy atom. The van der Waals surface area contributed by atoms with Crippen molar-refractivity contribution < 1.29 is 23.9 Å². The zero-order valence-electron chi connectivity index (χ0n) is 14.9. The van der Waals surface area contributed by atoms with E-state index in [1.54, 1.807) is 15.7 Å². The molecule has 0 spiro atoms. The lowest BCUT2D eigenvalue weighted by atomic mass is 10.1. The minimum atomic E-state index is -0.842. The monoisotopic (exact) mass is 382 g/mol. The van der Waals surface area contributed by atoms with Crippen LogP contribution in [0.1, 0.15) is 5.56 Å². The quantitative estimate of drug-likeness (QED) is 0.584. The number of ether oxygens (including phenoxy) is 1. The van der Waals surface area contributed by atoms with Crippen LogP contribution in [-0.4, -0.2) is 59.5 Å². The van der Waals surface area contributed by atoms with Crippen molar-refractivity contribution >= 4 is 40.7 Å². The lowest BCUT2D eigenvalue weighted by molar-refractivity contribution is -0.135. The van der Waals surface area contributed by atoms with Crippen LogP contribution < -0.4 is 10.6 Å². The van der Waals surface area contributed by atoms with Gasteiger partial charge in [0, 0.05) is 35.8 Å². The average molecular weight is 382 g/mol. The molecule has 2 saturated heterocycles. The zero-order valence-corrected chi connectivity index (χ0v) is 14.9. The lowest BCUT2D eigenvalue weighted by Crippen LogP contribution is -2.51. The van der Waals surface area contributed by atoms with Crippen LogP contribution in [0.15, 0.2) is 36.0 Å². The number of rotatable bonds is 3. The summed E-state index contributed by atoms with van der Waals surface area (Å²) in [7, 11) is 0. The summed E-state index contributed by atoms with van der Waals surface area (Å²) in [6, 6.07) is 6.57. The highest BCUT2D eigenvalue weighted by molar-refractivity contribution is 6.31. The van der Waals surface area contributed by atoms with E-state index in [2.05, 4.69) is 10.6 Å². The summed E-state index contributed by atoms with van der Waals surface area (Å²) in [6.07, 6.45) is 3.15. The second kappa shape index (κ2) is 7.28. The minimum Gasteiger partial charge on any atom is -0.378 e. The number of nitrogens with one attached hydrogen (secondary N) is 2. The van der Waals surface area contributed by atoms with Crippen LogP contribution in [-0.2, 0) is 25.7 Å². The molecule has 0 radical (unpaired) electrons. The number of carbonyl (C=O) groups excluding carboxylic acids is 4. The molecule has 0 atom stereocenters. The van der Waals surface area contributed by atoms with E-state index in [1.165, 1.54) is 6.08 Å². The number of hydrogen-bond donors (Lipinski definition) is 2. The third-order valence-electron chi connectivity index (χ3n) is 4.73. The number of fused-ring (bicyclic) bond motifs is 1. The van der Waals surface area contributed by atoms with Crippen molar-refractivity contribution in [2.45, 2.75) is 6.54 Å². The molecule has 0 bridgehead atoms. The maximum atomic E-state index is 12.6. The first-order valence-electron chi connectivity index (χ1n) is 8.84. The third-order valence-corrected chi connectivity index (χ3v) is 4.73. The van der Waals surface area contributed by atoms with Gasteiger partial charge in [-0.2, -0.15) is 0 Å². The van der Waals surface area contributed by atoms with E-state index >= 15 is 0 Å². The van der Waals surface area contributed by atoms with Gasteiger partial charge in [-0.25, -0.2) is 4.79 Å². The summed E-state index contributed by atoms with van der Waals surface area (Å²) in [5, 5.41) is 4.90. The predicted octanol–water partition coefficient (Wildman–Crippen LogP) is 0.249. The van der Waals surface area contributed by atoms with Gasteiger partial charge < -0.3 is 14.2 Å². The summed E-state index contributed by atoms with van der Waals surface area (Å²) in [5.74, 6) is -1.54. The molecule has 0 unspecified atom stereocenters. The Kier molecular flexibility index (Phi) is 4.66. The van der Waals surface area contributed by atoms with Crippen molar-refractivity contribution in [1.29, 1.82) is 0 Å². The van der Waals surface area contributed by atoms with Crippen LogP contribution in [0.5, 0.6) is 0 Å². The van der Waals surface area contributed by atoms with Crippen molar-refractivity contribution in [2.75, 3.05) is 26.3 Å². The van der Waals surface area contributed by atoms with Crippen LogP contribution in [0.2, 0.25) is 0 Å². The Hall–Kier alpha value is -3.46. The second-order valence-corrected chi connectivity index (χ2v) is 6.52. The van der Waals surface area contributed by atoms with Gasteiger partial charge in [-0.05, 0) is 12.1 Å². The van der Waals surface area contributed by atoms with Crippen molar-refractivity contribution in [1.82, 2.24) is 20.1 Å². The molecule has 0 aliphatic carbocycles.